The number of phosphoric ester groups is 1. The molecule has 0 saturated carbocycles. The molecule has 0 aliphatic heterocycles. The van der Waals surface area contributed by atoms with E-state index in [2.05, 4.69) is 86.8 Å². The van der Waals surface area contributed by atoms with Gasteiger partial charge in [0.1, 0.15) is 12.1 Å². The third kappa shape index (κ3) is 41.1. The summed E-state index contributed by atoms with van der Waals surface area (Å²) in [5.74, 6) is -1.82. The van der Waals surface area contributed by atoms with Gasteiger partial charge in [-0.2, -0.15) is 0 Å². The number of ether oxygens (including phenoxy) is 2. The number of unbranched alkanes of at least 4 members (excludes halogenated alkanes) is 12. The average Bonchev–Trinajstić information content (AvgIpc) is 3.19. The number of carbonyl (C=O) groups excluding carboxylic acids is 1. The molecule has 0 fully saturated rings. The summed E-state index contributed by atoms with van der Waals surface area (Å²) in [4.78, 5) is 33.5. The van der Waals surface area contributed by atoms with E-state index in [4.69, 9.17) is 29.4 Å². The van der Waals surface area contributed by atoms with Gasteiger partial charge in [0.2, 0.25) is 0 Å². The third-order valence-corrected chi connectivity index (χ3v) is 9.63. The molecule has 0 radical (unpaired) electrons. The number of phosphoric acid groups is 1. The van der Waals surface area contributed by atoms with Crippen molar-refractivity contribution in [3.63, 3.8) is 0 Å². The Morgan fingerprint density at radius 2 is 1.02 bits per heavy atom. The van der Waals surface area contributed by atoms with Crippen LogP contribution in [-0.4, -0.2) is 60.5 Å². The first-order valence-electron chi connectivity index (χ1n) is 21.6. The molecule has 326 valence electrons. The van der Waals surface area contributed by atoms with E-state index >= 15 is 0 Å². The SMILES string of the molecule is CC/C=C\C/C=C\C/C=C\C/C=C\C/C=C\CCOCC(COP(=O)(O)OCC(N)C(=O)O)OC(=O)CCCCCCCCCCC/C=C\C/C=C\CCCCC. The molecule has 0 amide bonds. The topological polar surface area (TPSA) is 155 Å². The fourth-order valence-corrected chi connectivity index (χ4v) is 6.12. The van der Waals surface area contributed by atoms with Crippen molar-refractivity contribution in [2.75, 3.05) is 26.4 Å². The molecule has 0 spiro atoms. The van der Waals surface area contributed by atoms with Crippen LogP contribution in [-0.2, 0) is 32.7 Å². The number of hydrogen-bond donors (Lipinski definition) is 3. The molecule has 0 aliphatic carbocycles. The van der Waals surface area contributed by atoms with Crippen LogP contribution in [0.25, 0.3) is 0 Å². The summed E-state index contributed by atoms with van der Waals surface area (Å²) >= 11 is 0. The van der Waals surface area contributed by atoms with Crippen LogP contribution in [0.2, 0.25) is 0 Å². The first kappa shape index (κ1) is 54.2. The van der Waals surface area contributed by atoms with Gasteiger partial charge >= 0.3 is 19.8 Å². The highest BCUT2D eigenvalue weighted by molar-refractivity contribution is 7.47. The number of aliphatic carboxylic acids is 1. The van der Waals surface area contributed by atoms with E-state index in [1.54, 1.807) is 0 Å². The lowest BCUT2D eigenvalue weighted by Gasteiger charge is -2.20. The largest absolute Gasteiger partial charge is 0.480 e. The Morgan fingerprint density at radius 1 is 0.579 bits per heavy atom. The summed E-state index contributed by atoms with van der Waals surface area (Å²) < 4.78 is 33.2. The number of carboxylic acids is 1. The standard InChI is InChI=1S/C46H78NO9P/c1-3-5-7-9-11-13-15-17-19-21-22-23-24-26-28-30-32-34-36-38-45(48)56-43(41-54-57(51,52)55-42-44(47)46(49)50)40-53-39-37-35-33-31-29-27-25-20-18-16-14-12-10-8-6-4-2/h6,8,11-14,17-20,27,29,33,35,43-44H,3-5,7,9-10,15-16,21-26,28,30-32,34,36-42,47H2,1-2H3,(H,49,50)(H,51,52)/b8-6-,13-11-,14-12-,19-17-,20-18-,29-27-,35-33-. The highest BCUT2D eigenvalue weighted by Gasteiger charge is 2.27. The number of nitrogens with two attached hydrogens (primary N) is 1. The number of carboxylic acid groups (broad SMARTS) is 1. The maximum Gasteiger partial charge on any atom is 0.472 e. The molecule has 0 aromatic carbocycles. The van der Waals surface area contributed by atoms with Crippen molar-refractivity contribution in [1.82, 2.24) is 0 Å². The van der Waals surface area contributed by atoms with E-state index in [1.807, 2.05) is 12.2 Å². The number of carbonyl (C=O) groups is 2. The Bertz CT molecular complexity index is 1220. The minimum Gasteiger partial charge on any atom is -0.480 e. The predicted molar refractivity (Wildman–Crippen MR) is 235 cm³/mol. The Kier molecular flexibility index (Phi) is 39.2. The molecule has 0 saturated heterocycles. The van der Waals surface area contributed by atoms with Crippen molar-refractivity contribution in [2.45, 2.75) is 167 Å². The molecule has 3 unspecified atom stereocenters. The number of esters is 1. The molecular formula is C46H78NO9P. The average molecular weight is 820 g/mol. The molecule has 11 heteroatoms. The van der Waals surface area contributed by atoms with E-state index in [0.29, 0.717) is 19.4 Å². The smallest absolute Gasteiger partial charge is 0.472 e. The second kappa shape index (κ2) is 41.3. The third-order valence-electron chi connectivity index (χ3n) is 8.68. The molecule has 0 heterocycles. The van der Waals surface area contributed by atoms with Crippen LogP contribution in [0, 0.1) is 0 Å². The maximum atomic E-state index is 12.6. The summed E-state index contributed by atoms with van der Waals surface area (Å²) in [6, 6.07) is -1.49. The molecule has 0 bridgehead atoms. The lowest BCUT2D eigenvalue weighted by Crippen LogP contribution is -2.34. The van der Waals surface area contributed by atoms with Crippen molar-refractivity contribution in [3.8, 4) is 0 Å². The lowest BCUT2D eigenvalue weighted by molar-refractivity contribution is -0.154. The van der Waals surface area contributed by atoms with Crippen LogP contribution in [0.1, 0.15) is 155 Å². The van der Waals surface area contributed by atoms with Crippen LogP contribution in [0.3, 0.4) is 0 Å². The molecule has 0 aromatic rings. The fraction of sp³-hybridized carbons (Fsp3) is 0.652. The summed E-state index contributed by atoms with van der Waals surface area (Å²) in [5, 5.41) is 8.89. The van der Waals surface area contributed by atoms with Gasteiger partial charge in [-0.3, -0.25) is 18.6 Å². The van der Waals surface area contributed by atoms with E-state index < -0.39 is 45.1 Å². The molecule has 57 heavy (non-hydrogen) atoms. The van der Waals surface area contributed by atoms with Gasteiger partial charge in [0, 0.05) is 6.42 Å². The minimum atomic E-state index is -4.64. The van der Waals surface area contributed by atoms with Gasteiger partial charge < -0.3 is 25.2 Å². The summed E-state index contributed by atoms with van der Waals surface area (Å²) in [6.45, 7) is 3.50. The molecule has 4 N–H and O–H groups in total. The molecule has 0 rings (SSSR count). The molecule has 10 nitrogen and oxygen atoms in total. The Labute approximate surface area is 346 Å². The van der Waals surface area contributed by atoms with Crippen LogP contribution in [0.4, 0.5) is 0 Å². The normalized spacial score (nSPS) is 14.7. The van der Waals surface area contributed by atoms with Gasteiger partial charge in [0.05, 0.1) is 26.4 Å². The highest BCUT2D eigenvalue weighted by atomic mass is 31.2. The van der Waals surface area contributed by atoms with Crippen LogP contribution in [0.5, 0.6) is 0 Å². The first-order chi connectivity index (χ1) is 27.7. The Morgan fingerprint density at radius 3 is 1.53 bits per heavy atom. The van der Waals surface area contributed by atoms with E-state index in [1.165, 1.54) is 57.8 Å². The summed E-state index contributed by atoms with van der Waals surface area (Å²) in [7, 11) is -4.64. The van der Waals surface area contributed by atoms with Crippen molar-refractivity contribution < 1.29 is 42.7 Å². The first-order valence-corrected chi connectivity index (χ1v) is 23.1. The molecular weight excluding hydrogens is 741 g/mol. The van der Waals surface area contributed by atoms with E-state index in [0.717, 1.165) is 64.2 Å². The summed E-state index contributed by atoms with van der Waals surface area (Å²) in [6.07, 6.45) is 52.3. The fourth-order valence-electron chi connectivity index (χ4n) is 5.34. The van der Waals surface area contributed by atoms with Gasteiger partial charge in [-0.25, -0.2) is 4.57 Å². The van der Waals surface area contributed by atoms with E-state index in [9.17, 15) is 19.0 Å². The Balaban J connectivity index is 4.36. The van der Waals surface area contributed by atoms with Gasteiger partial charge in [-0.1, -0.05) is 157 Å². The van der Waals surface area contributed by atoms with Crippen molar-refractivity contribution in [3.05, 3.63) is 85.1 Å². The molecule has 0 aromatic heterocycles. The zero-order valence-corrected chi connectivity index (χ0v) is 36.3. The van der Waals surface area contributed by atoms with Crippen molar-refractivity contribution >= 4 is 19.8 Å². The van der Waals surface area contributed by atoms with Crippen LogP contribution < -0.4 is 5.73 Å². The second-order valence-corrected chi connectivity index (χ2v) is 15.5. The summed E-state index contributed by atoms with van der Waals surface area (Å²) in [5.41, 5.74) is 5.35. The van der Waals surface area contributed by atoms with Crippen molar-refractivity contribution in [1.29, 1.82) is 0 Å². The highest BCUT2D eigenvalue weighted by Crippen LogP contribution is 2.43. The second-order valence-electron chi connectivity index (χ2n) is 14.1. The van der Waals surface area contributed by atoms with Gasteiger partial charge in [-0.05, 0) is 77.0 Å². The molecule has 3 atom stereocenters. The van der Waals surface area contributed by atoms with Gasteiger partial charge in [-0.15, -0.1) is 0 Å². The predicted octanol–water partition coefficient (Wildman–Crippen LogP) is 12.0. The van der Waals surface area contributed by atoms with Crippen molar-refractivity contribution in [2.24, 2.45) is 5.73 Å². The Hall–Kier alpha value is -2.85. The number of rotatable bonds is 40. The number of hydrogen-bond acceptors (Lipinski definition) is 8. The zero-order chi connectivity index (χ0) is 41.9. The van der Waals surface area contributed by atoms with Crippen LogP contribution >= 0.6 is 7.82 Å². The van der Waals surface area contributed by atoms with Crippen LogP contribution in [0.15, 0.2) is 85.1 Å². The monoisotopic (exact) mass is 820 g/mol. The molecule has 0 aliphatic rings. The maximum absolute atomic E-state index is 12.6. The van der Waals surface area contributed by atoms with E-state index in [-0.39, 0.29) is 13.0 Å². The van der Waals surface area contributed by atoms with Gasteiger partial charge in [0.15, 0.2) is 0 Å². The zero-order valence-electron chi connectivity index (χ0n) is 35.4. The quantitative estimate of drug-likeness (QED) is 0.0235. The lowest BCUT2D eigenvalue weighted by atomic mass is 10.1. The van der Waals surface area contributed by atoms with Gasteiger partial charge in [0.25, 0.3) is 0 Å². The number of allylic oxidation sites excluding steroid dienone is 13. The minimum absolute atomic E-state index is 0.0437.